The van der Waals surface area contributed by atoms with Gasteiger partial charge in [0.25, 0.3) is 0 Å². The highest BCUT2D eigenvalue weighted by Crippen LogP contribution is 2.22. The molecular formula is C9H13IO4S. The molecule has 0 aromatic carbocycles. The van der Waals surface area contributed by atoms with E-state index in [9.17, 15) is 4.79 Å². The summed E-state index contributed by atoms with van der Waals surface area (Å²) in [5, 5.41) is 0. The maximum Gasteiger partial charge on any atom is 0.345 e. The summed E-state index contributed by atoms with van der Waals surface area (Å²) in [4.78, 5) is 11.4. The first kappa shape index (κ1) is 14.6. The van der Waals surface area contributed by atoms with Gasteiger partial charge in [0.1, 0.15) is 26.8 Å². The van der Waals surface area contributed by atoms with Crippen LogP contribution in [0.3, 0.4) is 0 Å². The number of rotatable bonds is 7. The van der Waals surface area contributed by atoms with Crippen molar-refractivity contribution in [3.05, 3.63) is 24.2 Å². The van der Waals surface area contributed by atoms with Gasteiger partial charge in [-0.1, -0.05) is 6.58 Å². The molecule has 4 nitrogen and oxygen atoms in total. The second kappa shape index (κ2) is 8.90. The number of hydrogen-bond donors (Lipinski definition) is 0. The van der Waals surface area contributed by atoms with Crippen LogP contribution in [0.15, 0.2) is 24.2 Å². The zero-order valence-corrected chi connectivity index (χ0v) is 11.6. The summed E-state index contributed by atoms with van der Waals surface area (Å²) in [5.41, 5.74) is 0.197. The van der Waals surface area contributed by atoms with Gasteiger partial charge in [-0.15, -0.1) is 0 Å². The van der Waals surface area contributed by atoms with Gasteiger partial charge in [0.05, 0.1) is 13.2 Å². The van der Waals surface area contributed by atoms with E-state index in [1.54, 1.807) is 6.92 Å². The molecule has 0 saturated heterocycles. The van der Waals surface area contributed by atoms with Crippen molar-refractivity contribution in [3.63, 3.8) is 0 Å². The van der Waals surface area contributed by atoms with E-state index in [1.807, 2.05) is 28.1 Å². The zero-order chi connectivity index (χ0) is 11.7. The Bertz CT molecular complexity index is 232. The van der Waals surface area contributed by atoms with Gasteiger partial charge in [-0.25, -0.2) is 4.79 Å². The second-order valence-corrected chi connectivity index (χ2v) is 3.65. The zero-order valence-electron chi connectivity index (χ0n) is 8.62. The van der Waals surface area contributed by atoms with Crippen molar-refractivity contribution in [1.82, 2.24) is 0 Å². The minimum absolute atomic E-state index is 0.197. The minimum Gasteiger partial charge on any atom is -0.500 e. The lowest BCUT2D eigenvalue weighted by atomic mass is 10.2. The summed E-state index contributed by atoms with van der Waals surface area (Å²) in [6.07, 6.45) is 1.30. The highest BCUT2D eigenvalue weighted by atomic mass is 127. The number of esters is 1. The van der Waals surface area contributed by atoms with E-state index < -0.39 is 5.97 Å². The number of ether oxygens (including phenoxy) is 2. The Morgan fingerprint density at radius 1 is 1.47 bits per heavy atom. The van der Waals surface area contributed by atoms with E-state index in [0.717, 1.165) is 9.21 Å². The van der Waals surface area contributed by atoms with Crippen LogP contribution >= 0.6 is 30.4 Å². The summed E-state index contributed by atoms with van der Waals surface area (Å²) in [6, 6.07) is 0. The first-order valence-corrected chi connectivity index (χ1v) is 7.59. The van der Waals surface area contributed by atoms with Crippen LogP contribution in [0, 0.1) is 0 Å². The maximum atomic E-state index is 11.4. The standard InChI is InChI=1S/C9H13IO4S/c1-4-12-6-8(7(3)14-15-10)9(11)13-5-2/h6H,3-5H2,1-2H3/b8-6-. The number of carbonyl (C=O) groups excluding carboxylic acids is 1. The third-order valence-electron chi connectivity index (χ3n) is 1.30. The van der Waals surface area contributed by atoms with Crippen LogP contribution < -0.4 is 0 Å². The van der Waals surface area contributed by atoms with Crippen LogP contribution in [0.25, 0.3) is 0 Å². The lowest BCUT2D eigenvalue weighted by Gasteiger charge is -2.08. The van der Waals surface area contributed by atoms with Crippen molar-refractivity contribution >= 4 is 36.4 Å². The Hall–Kier alpha value is -0.370. The van der Waals surface area contributed by atoms with Crippen LogP contribution in [0.5, 0.6) is 0 Å². The predicted molar refractivity (Wildman–Crippen MR) is 68.2 cm³/mol. The lowest BCUT2D eigenvalue weighted by Crippen LogP contribution is -2.10. The van der Waals surface area contributed by atoms with E-state index in [0.29, 0.717) is 13.2 Å². The molecule has 86 valence electrons. The van der Waals surface area contributed by atoms with Gasteiger partial charge in [0.2, 0.25) is 0 Å². The molecule has 0 aromatic heterocycles. The molecule has 0 rings (SSSR count). The summed E-state index contributed by atoms with van der Waals surface area (Å²) in [7, 11) is 1.07. The Kier molecular flexibility index (Phi) is 8.68. The fourth-order valence-electron chi connectivity index (χ4n) is 0.686. The first-order valence-electron chi connectivity index (χ1n) is 4.30. The second-order valence-electron chi connectivity index (χ2n) is 2.28. The molecule has 0 radical (unpaired) electrons. The largest absolute Gasteiger partial charge is 0.500 e. The smallest absolute Gasteiger partial charge is 0.345 e. The molecule has 0 amide bonds. The Labute approximate surface area is 106 Å². The Morgan fingerprint density at radius 2 is 2.13 bits per heavy atom. The molecule has 0 aromatic rings. The molecule has 0 spiro atoms. The SMILES string of the molecule is C=C(OSI)/C(=C/OCC)C(=O)OCC. The van der Waals surface area contributed by atoms with Crippen LogP contribution in [0.4, 0.5) is 0 Å². The Morgan fingerprint density at radius 3 is 2.60 bits per heavy atom. The minimum atomic E-state index is -0.499. The van der Waals surface area contributed by atoms with E-state index in [-0.39, 0.29) is 11.3 Å². The van der Waals surface area contributed by atoms with Gasteiger partial charge < -0.3 is 13.7 Å². The topological polar surface area (TPSA) is 44.8 Å². The van der Waals surface area contributed by atoms with Crippen molar-refractivity contribution in [2.75, 3.05) is 13.2 Å². The van der Waals surface area contributed by atoms with Crippen LogP contribution in [0.1, 0.15) is 13.8 Å². The molecule has 0 aliphatic carbocycles. The van der Waals surface area contributed by atoms with Crippen molar-refractivity contribution in [2.24, 2.45) is 0 Å². The molecule has 0 heterocycles. The Balaban J connectivity index is 4.57. The number of hydrogen-bond acceptors (Lipinski definition) is 5. The summed E-state index contributed by atoms with van der Waals surface area (Å²) >= 11 is 1.93. The molecule has 0 bridgehead atoms. The van der Waals surface area contributed by atoms with E-state index in [1.165, 1.54) is 6.26 Å². The van der Waals surface area contributed by atoms with Crippen LogP contribution in [-0.2, 0) is 18.5 Å². The van der Waals surface area contributed by atoms with E-state index in [4.69, 9.17) is 13.7 Å². The summed E-state index contributed by atoms with van der Waals surface area (Å²) in [6.45, 7) is 7.91. The average molecular weight is 344 g/mol. The van der Waals surface area contributed by atoms with Crippen molar-refractivity contribution < 1.29 is 18.5 Å². The van der Waals surface area contributed by atoms with Crippen molar-refractivity contribution in [3.8, 4) is 0 Å². The highest BCUT2D eigenvalue weighted by molar-refractivity contribution is 14.2. The molecule has 0 aliphatic rings. The quantitative estimate of drug-likeness (QED) is 0.177. The van der Waals surface area contributed by atoms with Gasteiger partial charge in [0, 0.05) is 21.2 Å². The fourth-order valence-corrected chi connectivity index (χ4v) is 1.50. The molecule has 15 heavy (non-hydrogen) atoms. The molecule has 0 aliphatic heterocycles. The molecule has 0 N–H and O–H groups in total. The van der Waals surface area contributed by atoms with Gasteiger partial charge in [-0.3, -0.25) is 0 Å². The highest BCUT2D eigenvalue weighted by Gasteiger charge is 2.16. The van der Waals surface area contributed by atoms with Gasteiger partial charge in [-0.05, 0) is 13.8 Å². The maximum absolute atomic E-state index is 11.4. The van der Waals surface area contributed by atoms with E-state index in [2.05, 4.69) is 6.58 Å². The van der Waals surface area contributed by atoms with Gasteiger partial charge in [0.15, 0.2) is 0 Å². The van der Waals surface area contributed by atoms with Crippen molar-refractivity contribution in [1.29, 1.82) is 0 Å². The van der Waals surface area contributed by atoms with Crippen LogP contribution in [-0.4, -0.2) is 19.2 Å². The number of carbonyl (C=O) groups is 1. The fraction of sp³-hybridized carbons (Fsp3) is 0.444. The van der Waals surface area contributed by atoms with Crippen molar-refractivity contribution in [2.45, 2.75) is 13.8 Å². The molecular weight excluding hydrogens is 331 g/mol. The van der Waals surface area contributed by atoms with Gasteiger partial charge in [-0.2, -0.15) is 0 Å². The third kappa shape index (κ3) is 5.93. The molecule has 0 fully saturated rings. The predicted octanol–water partition coefficient (Wildman–Crippen LogP) is 3.00. The molecule has 6 heteroatoms. The normalized spacial score (nSPS) is 10.7. The average Bonchev–Trinajstić information content (AvgIpc) is 2.19. The summed E-state index contributed by atoms with van der Waals surface area (Å²) < 4.78 is 14.9. The monoisotopic (exact) mass is 344 g/mol. The molecule has 0 saturated carbocycles. The van der Waals surface area contributed by atoms with Crippen LogP contribution in [0.2, 0.25) is 0 Å². The first-order chi connectivity index (χ1) is 7.17. The molecule has 0 atom stereocenters. The third-order valence-corrected chi connectivity index (χ3v) is 2.10. The van der Waals surface area contributed by atoms with E-state index >= 15 is 0 Å². The van der Waals surface area contributed by atoms with Gasteiger partial charge >= 0.3 is 5.97 Å². The lowest BCUT2D eigenvalue weighted by molar-refractivity contribution is -0.138. The summed E-state index contributed by atoms with van der Waals surface area (Å²) in [5.74, 6) is -0.275. The number of halogens is 1. The molecule has 0 unspecified atom stereocenters.